The van der Waals surface area contributed by atoms with Crippen LogP contribution in [0.25, 0.3) is 16.5 Å². The molecule has 1 aromatic carbocycles. The van der Waals surface area contributed by atoms with E-state index in [2.05, 4.69) is 11.6 Å². The highest BCUT2D eigenvalue weighted by molar-refractivity contribution is 6.01. The summed E-state index contributed by atoms with van der Waals surface area (Å²) in [6.07, 6.45) is 5.09. The number of aromatic nitrogens is 1. The molecule has 18 heavy (non-hydrogen) atoms. The molecule has 1 heterocycles. The fourth-order valence-electron chi connectivity index (χ4n) is 2.71. The number of hydrogen-bond acceptors (Lipinski definition) is 2. The first-order valence-electron chi connectivity index (χ1n) is 5.95. The van der Waals surface area contributed by atoms with E-state index in [-0.39, 0.29) is 0 Å². The number of carboxylic acid groups (broad SMARTS) is 1. The molecule has 0 aliphatic heterocycles. The molecule has 4 nitrogen and oxygen atoms in total. The molecule has 3 rings (SSSR count). The number of carbonyl (C=O) groups is 1. The molecule has 92 valence electrons. The van der Waals surface area contributed by atoms with Gasteiger partial charge in [0.2, 0.25) is 0 Å². The zero-order valence-electron chi connectivity index (χ0n) is 10.1. The number of benzene rings is 1. The molecular formula is C14H14N2O2. The number of nitrogens with zero attached hydrogens (tertiary/aromatic N) is 1. The number of aryl methyl sites for hydroxylation is 1. The van der Waals surface area contributed by atoms with Crippen LogP contribution in [0.1, 0.15) is 17.5 Å². The summed E-state index contributed by atoms with van der Waals surface area (Å²) in [5, 5.41) is 10.1. The summed E-state index contributed by atoms with van der Waals surface area (Å²) in [4.78, 5) is 10.9. The first-order valence-corrected chi connectivity index (χ1v) is 5.95. The van der Waals surface area contributed by atoms with Gasteiger partial charge in [-0.2, -0.15) is 0 Å². The lowest BCUT2D eigenvalue weighted by Crippen LogP contribution is -2.06. The third kappa shape index (κ3) is 1.49. The van der Waals surface area contributed by atoms with Crippen LogP contribution in [0, 0.1) is 0 Å². The van der Waals surface area contributed by atoms with Crippen molar-refractivity contribution in [3.8, 4) is 0 Å². The third-order valence-electron chi connectivity index (χ3n) is 3.46. The second-order valence-electron chi connectivity index (χ2n) is 4.46. The van der Waals surface area contributed by atoms with Crippen molar-refractivity contribution >= 4 is 22.4 Å². The summed E-state index contributed by atoms with van der Waals surface area (Å²) in [5.41, 5.74) is 7.45. The predicted octanol–water partition coefficient (Wildman–Crippen LogP) is 2.23. The minimum Gasteiger partial charge on any atom is -0.478 e. The Kier molecular flexibility index (Phi) is 2.37. The molecule has 2 N–H and O–H groups in total. The van der Waals surface area contributed by atoms with Gasteiger partial charge in [0, 0.05) is 24.7 Å². The Morgan fingerprint density at radius 3 is 3.00 bits per heavy atom. The van der Waals surface area contributed by atoms with Crippen LogP contribution < -0.4 is 5.43 Å². The van der Waals surface area contributed by atoms with Gasteiger partial charge in [-0.15, -0.1) is 0 Å². The summed E-state index contributed by atoms with van der Waals surface area (Å²) < 4.78 is 1.98. The first-order chi connectivity index (χ1) is 8.70. The molecule has 1 aliphatic carbocycles. The number of carboxylic acids is 1. The summed E-state index contributed by atoms with van der Waals surface area (Å²) in [7, 11) is 1.88. The highest BCUT2D eigenvalue weighted by Crippen LogP contribution is 2.36. The van der Waals surface area contributed by atoms with Crippen molar-refractivity contribution in [2.45, 2.75) is 12.8 Å². The van der Waals surface area contributed by atoms with Crippen molar-refractivity contribution in [1.82, 2.24) is 4.68 Å². The molecule has 0 radical (unpaired) electrons. The summed E-state index contributed by atoms with van der Waals surface area (Å²) in [5.74, 6) is -0.876. The molecular weight excluding hydrogens is 228 g/mol. The molecule has 0 unspecified atom stereocenters. The maximum atomic E-state index is 10.9. The summed E-state index contributed by atoms with van der Waals surface area (Å²) in [6.45, 7) is 0. The van der Waals surface area contributed by atoms with Crippen LogP contribution in [-0.2, 0) is 11.2 Å². The maximum absolute atomic E-state index is 10.9. The van der Waals surface area contributed by atoms with Gasteiger partial charge in [-0.25, -0.2) is 4.79 Å². The van der Waals surface area contributed by atoms with Crippen molar-refractivity contribution in [3.63, 3.8) is 0 Å². The molecule has 0 fully saturated rings. The Morgan fingerprint density at radius 1 is 1.44 bits per heavy atom. The molecule has 0 atom stereocenters. The topological polar surface area (TPSA) is 54.3 Å². The van der Waals surface area contributed by atoms with Crippen LogP contribution in [0.5, 0.6) is 0 Å². The van der Waals surface area contributed by atoms with Crippen molar-refractivity contribution in [2.75, 3.05) is 12.5 Å². The molecule has 0 saturated carbocycles. The van der Waals surface area contributed by atoms with Crippen LogP contribution in [0.4, 0.5) is 0 Å². The molecule has 2 aromatic rings. The monoisotopic (exact) mass is 242 g/mol. The van der Waals surface area contributed by atoms with E-state index in [0.29, 0.717) is 0 Å². The number of aliphatic carboxylic acids is 1. The minimum absolute atomic E-state index is 0.784. The molecule has 0 amide bonds. The molecule has 0 spiro atoms. The normalized spacial score (nSPS) is 16.2. The van der Waals surface area contributed by atoms with Crippen LogP contribution in [0.3, 0.4) is 0 Å². The highest BCUT2D eigenvalue weighted by atomic mass is 16.4. The van der Waals surface area contributed by atoms with Crippen LogP contribution in [0.2, 0.25) is 0 Å². The van der Waals surface area contributed by atoms with E-state index >= 15 is 0 Å². The average Bonchev–Trinajstić information content (AvgIpc) is 2.72. The van der Waals surface area contributed by atoms with E-state index in [9.17, 15) is 4.79 Å². The van der Waals surface area contributed by atoms with E-state index in [1.165, 1.54) is 17.0 Å². The standard InChI is InChI=1S/C14H14N2O2/c1-15-16-8-10-6-5-9(7-13(17)18)11-3-2-4-12(16)14(10)11/h2-4,7-8,15H,5-6H2,1H3,(H,17,18)/b9-7+. The Balaban J connectivity index is 2.31. The van der Waals surface area contributed by atoms with Gasteiger partial charge in [0.05, 0.1) is 5.52 Å². The van der Waals surface area contributed by atoms with E-state index in [1.54, 1.807) is 0 Å². The van der Waals surface area contributed by atoms with Gasteiger partial charge in [0.25, 0.3) is 0 Å². The lowest BCUT2D eigenvalue weighted by atomic mass is 9.88. The van der Waals surface area contributed by atoms with Crippen LogP contribution in [-0.4, -0.2) is 22.8 Å². The number of allylic oxidation sites excluding steroid dienone is 1. The van der Waals surface area contributed by atoms with Crippen molar-refractivity contribution in [3.05, 3.63) is 41.6 Å². The fraction of sp³-hybridized carbons (Fsp3) is 0.214. The molecule has 0 saturated heterocycles. The Morgan fingerprint density at radius 2 is 2.28 bits per heavy atom. The zero-order chi connectivity index (χ0) is 12.7. The van der Waals surface area contributed by atoms with Gasteiger partial charge in [-0.05, 0) is 35.6 Å². The van der Waals surface area contributed by atoms with E-state index < -0.39 is 5.97 Å². The largest absolute Gasteiger partial charge is 0.478 e. The molecule has 0 bridgehead atoms. The highest BCUT2D eigenvalue weighted by Gasteiger charge is 2.19. The number of nitrogens with one attached hydrogen (secondary N) is 1. The SMILES string of the molecule is CNn1cc2c3c(cccc31)/C(=C/C(=O)O)CC2. The van der Waals surface area contributed by atoms with Gasteiger partial charge in [-0.1, -0.05) is 12.1 Å². The Bertz CT molecular complexity index is 668. The summed E-state index contributed by atoms with van der Waals surface area (Å²) >= 11 is 0. The van der Waals surface area contributed by atoms with Crippen LogP contribution >= 0.6 is 0 Å². The van der Waals surface area contributed by atoms with Gasteiger partial charge >= 0.3 is 5.97 Å². The zero-order valence-corrected chi connectivity index (χ0v) is 10.1. The molecule has 1 aromatic heterocycles. The minimum atomic E-state index is -0.876. The third-order valence-corrected chi connectivity index (χ3v) is 3.46. The quantitative estimate of drug-likeness (QED) is 0.794. The summed E-state index contributed by atoms with van der Waals surface area (Å²) in [6, 6.07) is 6.01. The van der Waals surface area contributed by atoms with Gasteiger partial charge < -0.3 is 10.5 Å². The second-order valence-corrected chi connectivity index (χ2v) is 4.46. The van der Waals surface area contributed by atoms with Gasteiger partial charge in [-0.3, -0.25) is 4.68 Å². The van der Waals surface area contributed by atoms with E-state index in [1.807, 2.05) is 29.9 Å². The molecule has 1 aliphatic rings. The average molecular weight is 242 g/mol. The van der Waals surface area contributed by atoms with Crippen molar-refractivity contribution in [2.24, 2.45) is 0 Å². The fourth-order valence-corrected chi connectivity index (χ4v) is 2.71. The molecule has 4 heteroatoms. The Labute approximate surface area is 105 Å². The van der Waals surface area contributed by atoms with Gasteiger partial charge in [0.1, 0.15) is 0 Å². The lowest BCUT2D eigenvalue weighted by Gasteiger charge is -2.15. The smallest absolute Gasteiger partial charge is 0.328 e. The number of rotatable bonds is 2. The van der Waals surface area contributed by atoms with E-state index in [4.69, 9.17) is 5.11 Å². The number of hydrogen-bond donors (Lipinski definition) is 2. The Hall–Kier alpha value is -2.23. The predicted molar refractivity (Wildman–Crippen MR) is 71.2 cm³/mol. The van der Waals surface area contributed by atoms with Crippen LogP contribution in [0.15, 0.2) is 30.5 Å². The van der Waals surface area contributed by atoms with Crippen molar-refractivity contribution in [1.29, 1.82) is 0 Å². The van der Waals surface area contributed by atoms with Crippen molar-refractivity contribution < 1.29 is 9.90 Å². The van der Waals surface area contributed by atoms with Gasteiger partial charge in [0.15, 0.2) is 0 Å². The first kappa shape index (κ1) is 10.9. The maximum Gasteiger partial charge on any atom is 0.328 e. The lowest BCUT2D eigenvalue weighted by molar-refractivity contribution is -0.131. The van der Waals surface area contributed by atoms with E-state index in [0.717, 1.165) is 29.5 Å². The second kappa shape index (κ2) is 3.91.